The maximum Gasteiger partial charge on any atom is 0.161 e. The molecule has 5 heteroatoms. The molecule has 1 N–H and O–H groups in total. The molecule has 26 heavy (non-hydrogen) atoms. The number of phenolic OH excluding ortho intramolecular Hbond substituents is 1. The number of hydrogen-bond acceptors (Lipinski definition) is 5. The van der Waals surface area contributed by atoms with Gasteiger partial charge in [0.2, 0.25) is 0 Å². The van der Waals surface area contributed by atoms with Crippen LogP contribution in [0.15, 0.2) is 36.4 Å². The van der Waals surface area contributed by atoms with E-state index in [1.165, 1.54) is 0 Å². The second-order valence-electron chi connectivity index (χ2n) is 6.74. The van der Waals surface area contributed by atoms with Gasteiger partial charge in [-0.2, -0.15) is 0 Å². The predicted molar refractivity (Wildman–Crippen MR) is 99.1 cm³/mol. The molecule has 0 unspecified atom stereocenters. The van der Waals surface area contributed by atoms with Crippen LogP contribution in [0.1, 0.15) is 37.2 Å². The minimum atomic E-state index is -0.0717. The normalized spacial score (nSPS) is 25.1. The Bertz CT molecular complexity index is 773. The molecule has 5 nitrogen and oxygen atoms in total. The second-order valence-corrected chi connectivity index (χ2v) is 6.74. The lowest BCUT2D eigenvalue weighted by Crippen LogP contribution is -2.10. The Morgan fingerprint density at radius 1 is 0.731 bits per heavy atom. The Labute approximate surface area is 154 Å². The van der Waals surface area contributed by atoms with E-state index in [-0.39, 0.29) is 18.0 Å². The van der Waals surface area contributed by atoms with E-state index in [1.807, 2.05) is 30.3 Å². The van der Waals surface area contributed by atoms with Crippen molar-refractivity contribution in [1.82, 2.24) is 0 Å². The van der Waals surface area contributed by atoms with Crippen LogP contribution in [-0.2, 0) is 4.74 Å². The van der Waals surface area contributed by atoms with Gasteiger partial charge in [0.1, 0.15) is 0 Å². The van der Waals surface area contributed by atoms with Crippen molar-refractivity contribution >= 4 is 0 Å². The first kappa shape index (κ1) is 18.4. The van der Waals surface area contributed by atoms with Gasteiger partial charge in [0.05, 0.1) is 33.5 Å². The Hall–Kier alpha value is -2.40. The zero-order valence-electron chi connectivity index (χ0n) is 15.9. The summed E-state index contributed by atoms with van der Waals surface area (Å²) >= 11 is 0. The molecule has 0 bridgehead atoms. The number of hydrogen-bond donors (Lipinski definition) is 1. The number of ether oxygens (including phenoxy) is 4. The number of aromatic hydroxyl groups is 1. The number of rotatable bonds is 5. The fourth-order valence-electron chi connectivity index (χ4n) is 3.62. The van der Waals surface area contributed by atoms with Crippen molar-refractivity contribution in [3.8, 4) is 23.0 Å². The van der Waals surface area contributed by atoms with Gasteiger partial charge < -0.3 is 24.1 Å². The molecule has 3 rings (SSSR count). The summed E-state index contributed by atoms with van der Waals surface area (Å²) in [4.78, 5) is 0. The van der Waals surface area contributed by atoms with Crippen LogP contribution < -0.4 is 14.2 Å². The van der Waals surface area contributed by atoms with E-state index in [0.29, 0.717) is 29.1 Å². The highest BCUT2D eigenvalue weighted by Gasteiger charge is 2.41. The summed E-state index contributed by atoms with van der Waals surface area (Å²) in [6.07, 6.45) is -0.118. The van der Waals surface area contributed by atoms with E-state index in [9.17, 15) is 5.11 Å². The highest BCUT2D eigenvalue weighted by atomic mass is 16.5. The van der Waals surface area contributed by atoms with Gasteiger partial charge in [-0.25, -0.2) is 0 Å². The van der Waals surface area contributed by atoms with E-state index in [4.69, 9.17) is 18.9 Å². The lowest BCUT2D eigenvalue weighted by Gasteiger charge is -2.18. The fourth-order valence-corrected chi connectivity index (χ4v) is 3.62. The summed E-state index contributed by atoms with van der Waals surface area (Å²) in [5.41, 5.74) is 2.07. The molecule has 0 spiro atoms. The van der Waals surface area contributed by atoms with Gasteiger partial charge in [-0.3, -0.25) is 0 Å². The topological polar surface area (TPSA) is 57.2 Å². The summed E-state index contributed by atoms with van der Waals surface area (Å²) < 4.78 is 22.4. The van der Waals surface area contributed by atoms with Crippen LogP contribution in [0.25, 0.3) is 0 Å². The van der Waals surface area contributed by atoms with Crippen LogP contribution in [0.2, 0.25) is 0 Å². The first-order valence-corrected chi connectivity index (χ1v) is 8.74. The van der Waals surface area contributed by atoms with Gasteiger partial charge in [-0.1, -0.05) is 26.0 Å². The number of benzene rings is 2. The summed E-state index contributed by atoms with van der Waals surface area (Å²) in [6, 6.07) is 11.3. The average molecular weight is 358 g/mol. The van der Waals surface area contributed by atoms with Gasteiger partial charge in [0, 0.05) is 0 Å². The third-order valence-corrected chi connectivity index (χ3v) is 5.35. The van der Waals surface area contributed by atoms with Crippen molar-refractivity contribution in [2.24, 2.45) is 11.8 Å². The van der Waals surface area contributed by atoms with Crippen molar-refractivity contribution in [2.45, 2.75) is 26.1 Å². The van der Waals surface area contributed by atoms with Gasteiger partial charge >= 0.3 is 0 Å². The average Bonchev–Trinajstić information content (AvgIpc) is 2.96. The molecule has 2 aromatic carbocycles. The summed E-state index contributed by atoms with van der Waals surface area (Å²) in [5.74, 6) is 2.62. The van der Waals surface area contributed by atoms with Gasteiger partial charge in [0.25, 0.3) is 0 Å². The van der Waals surface area contributed by atoms with Crippen LogP contribution >= 0.6 is 0 Å². The molecule has 1 aliphatic rings. The van der Waals surface area contributed by atoms with Crippen molar-refractivity contribution in [3.63, 3.8) is 0 Å². The standard InChI is InChI=1S/C21H26O5/c1-12-13(2)21(15-7-9-17(23-3)19(11-15)25-5)26-20(12)14-6-8-16(22)18(10-14)24-4/h6-13,20-22H,1-5H3/t12-,13+,20-,21+/m0/s1. The lowest BCUT2D eigenvalue weighted by molar-refractivity contribution is 0.0288. The molecule has 0 amide bonds. The molecule has 4 atom stereocenters. The van der Waals surface area contributed by atoms with Crippen molar-refractivity contribution < 1.29 is 24.1 Å². The summed E-state index contributed by atoms with van der Waals surface area (Å²) in [5, 5.41) is 9.84. The van der Waals surface area contributed by atoms with E-state index < -0.39 is 0 Å². The molecule has 1 heterocycles. The second kappa shape index (κ2) is 7.46. The zero-order valence-corrected chi connectivity index (χ0v) is 15.9. The third kappa shape index (κ3) is 3.19. The Balaban J connectivity index is 1.90. The van der Waals surface area contributed by atoms with E-state index in [0.717, 1.165) is 11.1 Å². The molecule has 140 valence electrons. The summed E-state index contributed by atoms with van der Waals surface area (Å²) in [6.45, 7) is 4.39. The van der Waals surface area contributed by atoms with Crippen LogP contribution in [0.3, 0.4) is 0 Å². The van der Waals surface area contributed by atoms with Crippen LogP contribution in [0.5, 0.6) is 23.0 Å². The van der Waals surface area contributed by atoms with E-state index in [1.54, 1.807) is 27.4 Å². The highest BCUT2D eigenvalue weighted by Crippen LogP contribution is 2.50. The zero-order chi connectivity index (χ0) is 18.8. The van der Waals surface area contributed by atoms with Crippen molar-refractivity contribution in [3.05, 3.63) is 47.5 Å². The third-order valence-electron chi connectivity index (χ3n) is 5.35. The quantitative estimate of drug-likeness (QED) is 0.853. The van der Waals surface area contributed by atoms with Crippen molar-refractivity contribution in [2.75, 3.05) is 21.3 Å². The largest absolute Gasteiger partial charge is 0.504 e. The number of methoxy groups -OCH3 is 3. The fraction of sp³-hybridized carbons (Fsp3) is 0.429. The van der Waals surface area contributed by atoms with E-state index >= 15 is 0 Å². The monoisotopic (exact) mass is 358 g/mol. The molecule has 0 aromatic heterocycles. The molecule has 1 saturated heterocycles. The first-order chi connectivity index (χ1) is 12.5. The minimum Gasteiger partial charge on any atom is -0.504 e. The molecule has 0 radical (unpaired) electrons. The molecular weight excluding hydrogens is 332 g/mol. The van der Waals surface area contributed by atoms with Crippen LogP contribution in [0.4, 0.5) is 0 Å². The Morgan fingerprint density at radius 2 is 1.23 bits per heavy atom. The SMILES string of the molecule is COc1cc([C@H]2O[C@@H](c3ccc(OC)c(OC)c3)[C@H](C)[C@@H]2C)ccc1O. The first-order valence-electron chi connectivity index (χ1n) is 8.74. The molecule has 1 fully saturated rings. The van der Waals surface area contributed by atoms with Gasteiger partial charge in [-0.05, 0) is 47.2 Å². The summed E-state index contributed by atoms with van der Waals surface area (Å²) in [7, 11) is 4.81. The molecule has 0 saturated carbocycles. The highest BCUT2D eigenvalue weighted by molar-refractivity contribution is 5.45. The van der Waals surface area contributed by atoms with Crippen LogP contribution in [-0.4, -0.2) is 26.4 Å². The Kier molecular flexibility index (Phi) is 5.28. The maximum atomic E-state index is 9.84. The lowest BCUT2D eigenvalue weighted by atomic mass is 9.85. The Morgan fingerprint density at radius 3 is 1.77 bits per heavy atom. The van der Waals surface area contributed by atoms with Gasteiger partial charge in [-0.15, -0.1) is 0 Å². The van der Waals surface area contributed by atoms with Gasteiger partial charge in [0.15, 0.2) is 23.0 Å². The molecule has 0 aliphatic carbocycles. The number of phenols is 1. The van der Waals surface area contributed by atoms with Crippen molar-refractivity contribution in [1.29, 1.82) is 0 Å². The minimum absolute atomic E-state index is 0.0467. The van der Waals surface area contributed by atoms with Crippen LogP contribution in [0, 0.1) is 11.8 Å². The molecular formula is C21H26O5. The molecule has 2 aromatic rings. The predicted octanol–water partition coefficient (Wildman–Crippen LogP) is 4.50. The molecule has 1 aliphatic heterocycles. The smallest absolute Gasteiger partial charge is 0.161 e. The maximum absolute atomic E-state index is 9.84. The van der Waals surface area contributed by atoms with E-state index in [2.05, 4.69) is 13.8 Å².